The van der Waals surface area contributed by atoms with E-state index in [0.717, 1.165) is 66.2 Å². The zero-order valence-corrected chi connectivity index (χ0v) is 26.7. The number of aromatic nitrogens is 2. The van der Waals surface area contributed by atoms with Crippen molar-refractivity contribution in [2.75, 3.05) is 19.5 Å². The summed E-state index contributed by atoms with van der Waals surface area (Å²) in [5, 5.41) is 18.6. The second kappa shape index (κ2) is 16.1. The highest BCUT2D eigenvalue weighted by atomic mass is 19.1. The minimum absolute atomic E-state index is 0.0903. The van der Waals surface area contributed by atoms with Crippen LogP contribution in [0.15, 0.2) is 54.7 Å². The molecule has 1 atom stereocenters. The summed E-state index contributed by atoms with van der Waals surface area (Å²) in [6.07, 6.45) is 8.13. The lowest BCUT2D eigenvalue weighted by atomic mass is 9.90. The summed E-state index contributed by atoms with van der Waals surface area (Å²) in [7, 11) is 1.69. The Kier molecular flexibility index (Phi) is 12.0. The van der Waals surface area contributed by atoms with Gasteiger partial charge in [-0.3, -0.25) is 4.79 Å². The number of hydrogen-bond acceptors (Lipinski definition) is 6. The smallest absolute Gasteiger partial charge is 0.147 e. The third kappa shape index (κ3) is 8.43. The molecule has 8 heteroatoms. The van der Waals surface area contributed by atoms with Crippen LogP contribution < -0.4 is 5.73 Å². The number of aryl methyl sites for hydroxylation is 2. The van der Waals surface area contributed by atoms with Crippen molar-refractivity contribution >= 4 is 28.2 Å². The Bertz CT molecular complexity index is 1670. The van der Waals surface area contributed by atoms with Gasteiger partial charge in [-0.25, -0.2) is 9.37 Å². The normalized spacial score (nSPS) is 11.9. The minimum Gasteiger partial charge on any atom is -0.385 e. The number of ether oxygens (including phenoxy) is 1. The summed E-state index contributed by atoms with van der Waals surface area (Å²) in [6, 6.07) is 16.8. The van der Waals surface area contributed by atoms with Crippen LogP contribution in [0.1, 0.15) is 86.6 Å². The molecule has 1 unspecified atom stereocenters. The van der Waals surface area contributed by atoms with Gasteiger partial charge in [0.2, 0.25) is 0 Å². The van der Waals surface area contributed by atoms with Gasteiger partial charge in [-0.2, -0.15) is 5.26 Å². The van der Waals surface area contributed by atoms with Crippen LogP contribution in [0.2, 0.25) is 0 Å². The molecule has 7 nitrogen and oxygen atoms in total. The maximum absolute atomic E-state index is 15.0. The lowest BCUT2D eigenvalue weighted by Gasteiger charge is -2.21. The zero-order valence-electron chi connectivity index (χ0n) is 26.7. The first-order chi connectivity index (χ1) is 21.8. The maximum atomic E-state index is 15.0. The first-order valence-electron chi connectivity index (χ1n) is 15.9. The van der Waals surface area contributed by atoms with Crippen molar-refractivity contribution in [2.24, 2.45) is 0 Å². The Balaban J connectivity index is 1.31. The summed E-state index contributed by atoms with van der Waals surface area (Å²) in [5.41, 5.74) is 12.2. The molecule has 0 radical (unpaired) electrons. The third-order valence-electron chi connectivity index (χ3n) is 8.50. The molecule has 0 bridgehead atoms. The van der Waals surface area contributed by atoms with Crippen LogP contribution in [-0.4, -0.2) is 34.8 Å². The van der Waals surface area contributed by atoms with Crippen molar-refractivity contribution in [1.82, 2.24) is 9.55 Å². The van der Waals surface area contributed by atoms with E-state index in [4.69, 9.17) is 15.9 Å². The van der Waals surface area contributed by atoms with Crippen molar-refractivity contribution in [1.29, 1.82) is 10.7 Å². The Hall–Kier alpha value is -4.35. The molecule has 2 aromatic heterocycles. The number of hydrogen-bond donors (Lipinski definition) is 2. The first-order valence-corrected chi connectivity index (χ1v) is 15.9. The maximum Gasteiger partial charge on any atom is 0.147 e. The molecule has 2 aromatic carbocycles. The molecule has 0 amide bonds. The summed E-state index contributed by atoms with van der Waals surface area (Å²) < 4.78 is 22.5. The van der Waals surface area contributed by atoms with Crippen LogP contribution in [0, 0.1) is 29.5 Å². The van der Waals surface area contributed by atoms with E-state index in [2.05, 4.69) is 29.5 Å². The van der Waals surface area contributed by atoms with E-state index in [1.165, 1.54) is 11.8 Å². The van der Waals surface area contributed by atoms with Crippen LogP contribution >= 0.6 is 0 Å². The summed E-state index contributed by atoms with van der Waals surface area (Å²) in [4.78, 5) is 16.9. The van der Waals surface area contributed by atoms with Gasteiger partial charge in [-0.05, 0) is 67.3 Å². The van der Waals surface area contributed by atoms with Crippen molar-refractivity contribution in [3.63, 3.8) is 0 Å². The number of ketones is 1. The number of fused-ring (bicyclic) bond motifs is 1. The highest BCUT2D eigenvalue weighted by Crippen LogP contribution is 2.37. The number of nitrogen functional groups attached to an aromatic ring is 1. The van der Waals surface area contributed by atoms with E-state index in [0.29, 0.717) is 42.8 Å². The molecule has 4 aromatic rings. The fourth-order valence-electron chi connectivity index (χ4n) is 6.33. The molecule has 4 rings (SSSR count). The second-order valence-corrected chi connectivity index (χ2v) is 11.8. The molecular weight excluding hydrogens is 565 g/mol. The van der Waals surface area contributed by atoms with Crippen LogP contribution in [0.4, 0.5) is 10.2 Å². The predicted molar refractivity (Wildman–Crippen MR) is 179 cm³/mol. The summed E-state index contributed by atoms with van der Waals surface area (Å²) in [6.45, 7) is 5.62. The van der Waals surface area contributed by atoms with Crippen molar-refractivity contribution in [2.45, 2.75) is 84.1 Å². The molecule has 0 fully saturated rings. The quantitative estimate of drug-likeness (QED) is 0.0922. The number of nitrogens with zero attached hydrogens (tertiary/aromatic N) is 3. The SMILES string of the molecule is CCCC(CCCCC(=O)CC(=N)Cc1ccc(-c2cnc(N)c(C#N)c2)cc1)c1c(C)c2cccc(F)c2n1CCCOC. The van der Waals surface area contributed by atoms with Gasteiger partial charge >= 0.3 is 0 Å². The number of nitriles is 1. The van der Waals surface area contributed by atoms with Crippen LogP contribution in [0.3, 0.4) is 0 Å². The lowest BCUT2D eigenvalue weighted by Crippen LogP contribution is -2.12. The van der Waals surface area contributed by atoms with E-state index in [9.17, 15) is 10.1 Å². The van der Waals surface area contributed by atoms with Gasteiger partial charge in [0, 0.05) is 68.1 Å². The number of methoxy groups -OCH3 is 1. The van der Waals surface area contributed by atoms with E-state index in [1.54, 1.807) is 25.4 Å². The number of carbonyl (C=O) groups is 1. The molecule has 0 saturated carbocycles. The standard InChI is InChI=1S/C37H44FN5O2/c1-4-9-28(35-25(2)33-12-7-13-34(38)36(33)43(35)18-8-19-45-3)10-5-6-11-32(44)22-31(40)20-26-14-16-27(17-15-26)30-21-29(23-39)37(41)42-24-30/h7,12-17,21,24,28,40H,4-6,8-11,18-20,22H2,1-3H3,(H2,41,42). The molecule has 0 spiro atoms. The van der Waals surface area contributed by atoms with E-state index in [-0.39, 0.29) is 29.8 Å². The number of anilines is 1. The van der Waals surface area contributed by atoms with E-state index < -0.39 is 0 Å². The number of pyridine rings is 1. The number of nitrogens with one attached hydrogen (secondary N) is 1. The average molecular weight is 610 g/mol. The van der Waals surface area contributed by atoms with Crippen LogP contribution in [0.5, 0.6) is 0 Å². The van der Waals surface area contributed by atoms with Crippen LogP contribution in [-0.2, 0) is 22.5 Å². The van der Waals surface area contributed by atoms with Gasteiger partial charge in [0.15, 0.2) is 0 Å². The van der Waals surface area contributed by atoms with Crippen LogP contribution in [0.25, 0.3) is 22.0 Å². The fourth-order valence-corrected chi connectivity index (χ4v) is 6.33. The van der Waals surface area contributed by atoms with Gasteiger partial charge in [-0.1, -0.05) is 56.2 Å². The highest BCUT2D eigenvalue weighted by molar-refractivity contribution is 6.01. The van der Waals surface area contributed by atoms with Crippen molar-refractivity contribution < 1.29 is 13.9 Å². The largest absolute Gasteiger partial charge is 0.385 e. The number of carbonyl (C=O) groups excluding carboxylic acids is 1. The summed E-state index contributed by atoms with van der Waals surface area (Å²) in [5.74, 6) is 0.400. The Morgan fingerprint density at radius 1 is 1.13 bits per heavy atom. The first kappa shape index (κ1) is 33.5. The molecule has 45 heavy (non-hydrogen) atoms. The number of nitrogens with two attached hydrogens (primary N) is 1. The third-order valence-corrected chi connectivity index (χ3v) is 8.50. The molecule has 0 aliphatic heterocycles. The molecule has 2 heterocycles. The van der Waals surface area contributed by atoms with Gasteiger partial charge in [-0.15, -0.1) is 0 Å². The number of unbranched alkanes of at least 4 members (excludes halogenated alkanes) is 1. The van der Waals surface area contributed by atoms with Gasteiger partial charge in [0.1, 0.15) is 23.5 Å². The van der Waals surface area contributed by atoms with Crippen molar-refractivity contribution in [3.05, 3.63) is 82.9 Å². The molecule has 0 saturated heterocycles. The molecule has 0 aliphatic carbocycles. The number of benzene rings is 2. The number of para-hydroxylation sites is 1. The van der Waals surface area contributed by atoms with E-state index in [1.807, 2.05) is 30.3 Å². The van der Waals surface area contributed by atoms with Gasteiger partial charge in [0.05, 0.1) is 11.1 Å². The number of rotatable bonds is 17. The fraction of sp³-hybridized carbons (Fsp3) is 0.405. The number of Topliss-reactive ketones (excluding diaryl/α,β-unsaturated/α-hetero) is 1. The Morgan fingerprint density at radius 3 is 2.62 bits per heavy atom. The number of halogens is 1. The molecule has 236 valence electrons. The Labute approximate surface area is 265 Å². The second-order valence-electron chi connectivity index (χ2n) is 11.8. The monoisotopic (exact) mass is 609 g/mol. The topological polar surface area (TPSA) is 118 Å². The van der Waals surface area contributed by atoms with Gasteiger partial charge in [0.25, 0.3) is 0 Å². The summed E-state index contributed by atoms with van der Waals surface area (Å²) >= 11 is 0. The predicted octanol–water partition coefficient (Wildman–Crippen LogP) is 8.31. The lowest BCUT2D eigenvalue weighted by molar-refractivity contribution is -0.118. The minimum atomic E-state index is -0.188. The zero-order chi connectivity index (χ0) is 32.3. The van der Waals surface area contributed by atoms with Gasteiger partial charge < -0.3 is 20.4 Å². The average Bonchev–Trinajstić information content (AvgIpc) is 3.31. The Morgan fingerprint density at radius 2 is 1.91 bits per heavy atom. The highest BCUT2D eigenvalue weighted by Gasteiger charge is 2.23. The molecule has 3 N–H and O–H groups in total. The van der Waals surface area contributed by atoms with E-state index >= 15 is 4.39 Å². The van der Waals surface area contributed by atoms with Crippen molar-refractivity contribution in [3.8, 4) is 17.2 Å². The molecular formula is C37H44FN5O2. The molecule has 0 aliphatic rings.